The molecule has 0 aromatic carbocycles. The van der Waals surface area contributed by atoms with E-state index in [1.54, 1.807) is 6.20 Å². The molecular weight excluding hydrogens is 230 g/mol. The second-order valence-electron chi connectivity index (χ2n) is 4.66. The number of pyridine rings is 1. The number of aromatic nitrogens is 1. The van der Waals surface area contributed by atoms with E-state index in [4.69, 9.17) is 4.74 Å². The fourth-order valence-electron chi connectivity index (χ4n) is 2.54. The highest BCUT2D eigenvalue weighted by Gasteiger charge is 2.23. The third kappa shape index (κ3) is 2.11. The maximum Gasteiger partial charge on any atom is 0.255 e. The van der Waals surface area contributed by atoms with Crippen LogP contribution in [0.4, 0.5) is 0 Å². The second-order valence-corrected chi connectivity index (χ2v) is 4.66. The predicted octanol–water partition coefficient (Wildman–Crippen LogP) is 0.200. The summed E-state index contributed by atoms with van der Waals surface area (Å²) in [5.74, 6) is 0.101. The number of amides is 1. The van der Waals surface area contributed by atoms with Crippen LogP contribution in [-0.2, 0) is 17.7 Å². The molecule has 0 spiro atoms. The standard InChI is InChI=1S/C13H17N3O2/c17-13(16-3-5-18-6-4-16)12-9-15-8-10-7-14-2-1-11(10)12/h8-9,14H,1-7H2. The van der Waals surface area contributed by atoms with Crippen molar-refractivity contribution in [3.8, 4) is 0 Å². The highest BCUT2D eigenvalue weighted by Crippen LogP contribution is 2.19. The van der Waals surface area contributed by atoms with Gasteiger partial charge in [0.05, 0.1) is 18.8 Å². The van der Waals surface area contributed by atoms with Crippen LogP contribution in [0.5, 0.6) is 0 Å². The van der Waals surface area contributed by atoms with Crippen LogP contribution < -0.4 is 5.32 Å². The average molecular weight is 247 g/mol. The molecule has 1 fully saturated rings. The molecular formula is C13H17N3O2. The van der Waals surface area contributed by atoms with Crippen molar-refractivity contribution in [3.05, 3.63) is 29.1 Å². The molecule has 0 unspecified atom stereocenters. The van der Waals surface area contributed by atoms with E-state index in [2.05, 4.69) is 10.3 Å². The van der Waals surface area contributed by atoms with Crippen LogP contribution in [0, 0.1) is 0 Å². The zero-order chi connectivity index (χ0) is 12.4. The molecule has 0 saturated carbocycles. The Labute approximate surface area is 106 Å². The Balaban J connectivity index is 1.89. The number of nitrogens with one attached hydrogen (secondary N) is 1. The van der Waals surface area contributed by atoms with Crippen LogP contribution in [0.15, 0.2) is 12.4 Å². The molecule has 0 bridgehead atoms. The van der Waals surface area contributed by atoms with Gasteiger partial charge in [-0.2, -0.15) is 0 Å². The topological polar surface area (TPSA) is 54.5 Å². The Morgan fingerprint density at radius 1 is 1.33 bits per heavy atom. The fraction of sp³-hybridized carbons (Fsp3) is 0.538. The highest BCUT2D eigenvalue weighted by molar-refractivity contribution is 5.95. The van der Waals surface area contributed by atoms with Gasteiger partial charge in [-0.25, -0.2) is 0 Å². The highest BCUT2D eigenvalue weighted by atomic mass is 16.5. The minimum absolute atomic E-state index is 0.101. The van der Waals surface area contributed by atoms with E-state index in [0.717, 1.165) is 30.6 Å². The first-order valence-electron chi connectivity index (χ1n) is 6.40. The average Bonchev–Trinajstić information content (AvgIpc) is 2.47. The van der Waals surface area contributed by atoms with E-state index >= 15 is 0 Å². The maximum absolute atomic E-state index is 12.5. The molecule has 0 aliphatic carbocycles. The SMILES string of the molecule is O=C(c1cncc2c1CCNC2)N1CCOCC1. The minimum Gasteiger partial charge on any atom is -0.378 e. The summed E-state index contributed by atoms with van der Waals surface area (Å²) in [6, 6.07) is 0. The molecule has 2 aliphatic heterocycles. The molecule has 5 nitrogen and oxygen atoms in total. The molecule has 1 amide bonds. The summed E-state index contributed by atoms with van der Waals surface area (Å²) in [6.45, 7) is 4.37. The summed E-state index contributed by atoms with van der Waals surface area (Å²) >= 11 is 0. The molecule has 1 aromatic rings. The van der Waals surface area contributed by atoms with E-state index in [1.165, 1.54) is 5.56 Å². The molecule has 1 saturated heterocycles. The zero-order valence-corrected chi connectivity index (χ0v) is 10.3. The number of hydrogen-bond acceptors (Lipinski definition) is 4. The fourth-order valence-corrected chi connectivity index (χ4v) is 2.54. The van der Waals surface area contributed by atoms with Crippen LogP contribution in [0.2, 0.25) is 0 Å². The number of nitrogens with zero attached hydrogens (tertiary/aromatic N) is 2. The molecule has 2 aliphatic rings. The largest absolute Gasteiger partial charge is 0.378 e. The number of morpholine rings is 1. The number of ether oxygens (including phenoxy) is 1. The van der Waals surface area contributed by atoms with Gasteiger partial charge in [0, 0.05) is 32.0 Å². The normalized spacial score (nSPS) is 19.4. The lowest BCUT2D eigenvalue weighted by molar-refractivity contribution is 0.0301. The molecule has 0 radical (unpaired) electrons. The van der Waals surface area contributed by atoms with Crippen LogP contribution in [0.25, 0.3) is 0 Å². The van der Waals surface area contributed by atoms with Gasteiger partial charge in [-0.05, 0) is 24.1 Å². The number of fused-ring (bicyclic) bond motifs is 1. The van der Waals surface area contributed by atoms with Crippen LogP contribution in [0.3, 0.4) is 0 Å². The van der Waals surface area contributed by atoms with Crippen molar-refractivity contribution in [2.45, 2.75) is 13.0 Å². The van der Waals surface area contributed by atoms with Gasteiger partial charge in [-0.1, -0.05) is 0 Å². The van der Waals surface area contributed by atoms with Crippen LogP contribution in [-0.4, -0.2) is 48.6 Å². The minimum atomic E-state index is 0.101. The van der Waals surface area contributed by atoms with Crippen molar-refractivity contribution < 1.29 is 9.53 Å². The monoisotopic (exact) mass is 247 g/mol. The van der Waals surface area contributed by atoms with Crippen molar-refractivity contribution in [2.75, 3.05) is 32.8 Å². The number of hydrogen-bond donors (Lipinski definition) is 1. The van der Waals surface area contributed by atoms with E-state index in [-0.39, 0.29) is 5.91 Å². The molecule has 18 heavy (non-hydrogen) atoms. The number of carbonyl (C=O) groups is 1. The Bertz CT molecular complexity index is 456. The molecule has 0 atom stereocenters. The first kappa shape index (κ1) is 11.6. The van der Waals surface area contributed by atoms with E-state index < -0.39 is 0 Å². The summed E-state index contributed by atoms with van der Waals surface area (Å²) < 4.78 is 5.28. The van der Waals surface area contributed by atoms with Crippen molar-refractivity contribution >= 4 is 5.91 Å². The predicted molar refractivity (Wildman–Crippen MR) is 66.4 cm³/mol. The van der Waals surface area contributed by atoms with Crippen LogP contribution >= 0.6 is 0 Å². The summed E-state index contributed by atoms with van der Waals surface area (Å²) in [6.07, 6.45) is 4.48. The van der Waals surface area contributed by atoms with Crippen molar-refractivity contribution in [2.24, 2.45) is 0 Å². The lowest BCUT2D eigenvalue weighted by Gasteiger charge is -2.28. The van der Waals surface area contributed by atoms with Crippen molar-refractivity contribution in [1.29, 1.82) is 0 Å². The van der Waals surface area contributed by atoms with E-state index in [9.17, 15) is 4.79 Å². The third-order valence-electron chi connectivity index (χ3n) is 3.54. The quantitative estimate of drug-likeness (QED) is 0.770. The lowest BCUT2D eigenvalue weighted by Crippen LogP contribution is -2.41. The van der Waals surface area contributed by atoms with Crippen molar-refractivity contribution in [1.82, 2.24) is 15.2 Å². The van der Waals surface area contributed by atoms with Gasteiger partial charge in [-0.3, -0.25) is 9.78 Å². The van der Waals surface area contributed by atoms with Crippen molar-refractivity contribution in [3.63, 3.8) is 0 Å². The van der Waals surface area contributed by atoms with Crippen LogP contribution in [0.1, 0.15) is 21.5 Å². The molecule has 3 heterocycles. The third-order valence-corrected chi connectivity index (χ3v) is 3.54. The summed E-state index contributed by atoms with van der Waals surface area (Å²) in [5.41, 5.74) is 3.09. The van der Waals surface area contributed by atoms with E-state index in [1.807, 2.05) is 11.1 Å². The van der Waals surface area contributed by atoms with Gasteiger partial charge in [-0.15, -0.1) is 0 Å². The van der Waals surface area contributed by atoms with E-state index in [0.29, 0.717) is 26.3 Å². The Morgan fingerprint density at radius 3 is 3.00 bits per heavy atom. The first-order valence-corrected chi connectivity index (χ1v) is 6.40. The Morgan fingerprint density at radius 2 is 2.17 bits per heavy atom. The summed E-state index contributed by atoms with van der Waals surface area (Å²) in [4.78, 5) is 18.5. The summed E-state index contributed by atoms with van der Waals surface area (Å²) in [7, 11) is 0. The second kappa shape index (κ2) is 5.04. The smallest absolute Gasteiger partial charge is 0.255 e. The Kier molecular flexibility index (Phi) is 3.25. The van der Waals surface area contributed by atoms with Gasteiger partial charge in [0.2, 0.25) is 0 Å². The molecule has 3 rings (SSSR count). The Hall–Kier alpha value is -1.46. The lowest BCUT2D eigenvalue weighted by atomic mass is 9.97. The van der Waals surface area contributed by atoms with Gasteiger partial charge < -0.3 is 15.0 Å². The summed E-state index contributed by atoms with van der Waals surface area (Å²) in [5, 5.41) is 3.30. The van der Waals surface area contributed by atoms with Gasteiger partial charge >= 0.3 is 0 Å². The number of rotatable bonds is 1. The molecule has 96 valence electrons. The first-order chi connectivity index (χ1) is 8.86. The molecule has 5 heteroatoms. The molecule has 1 aromatic heterocycles. The van der Waals surface area contributed by atoms with Gasteiger partial charge in [0.1, 0.15) is 0 Å². The zero-order valence-electron chi connectivity index (χ0n) is 10.3. The number of carbonyl (C=O) groups excluding carboxylic acids is 1. The maximum atomic E-state index is 12.5. The van der Waals surface area contributed by atoms with Gasteiger partial charge in [0.25, 0.3) is 5.91 Å². The van der Waals surface area contributed by atoms with Gasteiger partial charge in [0.15, 0.2) is 0 Å². The molecule has 1 N–H and O–H groups in total.